The predicted molar refractivity (Wildman–Crippen MR) is 212 cm³/mol. The van der Waals surface area contributed by atoms with Gasteiger partial charge >= 0.3 is 0 Å². The van der Waals surface area contributed by atoms with Crippen molar-refractivity contribution in [2.75, 3.05) is 0 Å². The second-order valence-corrected chi connectivity index (χ2v) is 13.1. The van der Waals surface area contributed by atoms with Crippen molar-refractivity contribution in [2.24, 2.45) is 4.99 Å². The van der Waals surface area contributed by atoms with Crippen LogP contribution < -0.4 is 0 Å². The van der Waals surface area contributed by atoms with E-state index in [4.69, 9.17) is 9.98 Å². The van der Waals surface area contributed by atoms with Crippen molar-refractivity contribution in [3.63, 3.8) is 0 Å². The van der Waals surface area contributed by atoms with Crippen molar-refractivity contribution < 1.29 is 0 Å². The summed E-state index contributed by atoms with van der Waals surface area (Å²) in [6.07, 6.45) is 7.84. The van der Waals surface area contributed by atoms with Gasteiger partial charge in [-0.3, -0.25) is 9.98 Å². The van der Waals surface area contributed by atoms with Gasteiger partial charge in [-0.25, -0.2) is 4.98 Å². The molecule has 10 rings (SSSR count). The number of para-hydroxylation sites is 1. The highest BCUT2D eigenvalue weighted by atomic mass is 15.0. The van der Waals surface area contributed by atoms with Crippen LogP contribution in [0.15, 0.2) is 175 Å². The Morgan fingerprint density at radius 3 is 1.88 bits per heavy atom. The van der Waals surface area contributed by atoms with Gasteiger partial charge in [-0.05, 0) is 88.0 Å². The third-order valence-corrected chi connectivity index (χ3v) is 10.1. The fraction of sp³-hybridized carbons (Fsp3) is 0.0426. The van der Waals surface area contributed by atoms with Crippen molar-refractivity contribution in [3.05, 3.63) is 181 Å². The van der Waals surface area contributed by atoms with Gasteiger partial charge < -0.3 is 4.57 Å². The van der Waals surface area contributed by atoms with Crippen LogP contribution in [0.3, 0.4) is 0 Å². The zero-order valence-corrected chi connectivity index (χ0v) is 27.9. The highest BCUT2D eigenvalue weighted by molar-refractivity contribution is 6.26. The van der Waals surface area contributed by atoms with Gasteiger partial charge in [0.2, 0.25) is 0 Å². The number of rotatable bonds is 5. The largest absolute Gasteiger partial charge is 0.309 e. The summed E-state index contributed by atoms with van der Waals surface area (Å²) >= 11 is 0. The van der Waals surface area contributed by atoms with Crippen LogP contribution in [0.4, 0.5) is 0 Å². The Morgan fingerprint density at radius 1 is 0.490 bits per heavy atom. The molecule has 240 valence electrons. The van der Waals surface area contributed by atoms with Crippen molar-refractivity contribution >= 4 is 54.8 Å². The zero-order valence-electron chi connectivity index (χ0n) is 27.9. The lowest BCUT2D eigenvalue weighted by molar-refractivity contribution is 1.06. The number of hydrogen-bond acceptors (Lipinski definition) is 3. The minimum Gasteiger partial charge on any atom is -0.309 e. The average Bonchev–Trinajstić information content (AvgIpc) is 3.54. The monoisotopic (exact) mass is 652 g/mol. The first-order chi connectivity index (χ1) is 25.3. The normalized spacial score (nSPS) is 13.2. The number of pyridine rings is 2. The SMILES string of the molecule is C1=C(c2cccc(-c3ccc4c(c3)c3cnccc3n4-c3ccccc3)n2)N=C(c2c3ccccc3c(-c3ccccc3)c3ccccc23)CC1. The summed E-state index contributed by atoms with van der Waals surface area (Å²) < 4.78 is 2.31. The summed E-state index contributed by atoms with van der Waals surface area (Å²) in [5, 5.41) is 7.23. The molecule has 0 fully saturated rings. The molecule has 6 aromatic carbocycles. The minimum absolute atomic E-state index is 0.873. The number of fused-ring (bicyclic) bond motifs is 5. The minimum atomic E-state index is 0.873. The smallest absolute Gasteiger partial charge is 0.0890 e. The van der Waals surface area contributed by atoms with Gasteiger partial charge in [0.25, 0.3) is 0 Å². The summed E-state index contributed by atoms with van der Waals surface area (Å²) in [5.41, 5.74) is 12.0. The first-order valence-electron chi connectivity index (χ1n) is 17.5. The fourth-order valence-corrected chi connectivity index (χ4v) is 7.91. The molecule has 51 heavy (non-hydrogen) atoms. The van der Waals surface area contributed by atoms with Crippen molar-refractivity contribution in [1.29, 1.82) is 0 Å². The van der Waals surface area contributed by atoms with E-state index in [1.807, 2.05) is 12.4 Å². The quantitative estimate of drug-likeness (QED) is 0.174. The Hall–Kier alpha value is -6.65. The third kappa shape index (κ3) is 4.87. The van der Waals surface area contributed by atoms with Crippen LogP contribution in [-0.2, 0) is 0 Å². The van der Waals surface area contributed by atoms with E-state index in [9.17, 15) is 0 Å². The van der Waals surface area contributed by atoms with Crippen LogP contribution in [0.25, 0.3) is 77.1 Å². The van der Waals surface area contributed by atoms with Crippen LogP contribution in [-0.4, -0.2) is 20.2 Å². The Balaban J connectivity index is 1.09. The number of allylic oxidation sites excluding steroid dienone is 1. The molecule has 1 aliphatic heterocycles. The highest BCUT2D eigenvalue weighted by Gasteiger charge is 2.21. The lowest BCUT2D eigenvalue weighted by Gasteiger charge is -2.20. The van der Waals surface area contributed by atoms with Gasteiger partial charge in [-0.2, -0.15) is 0 Å². The topological polar surface area (TPSA) is 43.1 Å². The van der Waals surface area contributed by atoms with Gasteiger partial charge in [0, 0.05) is 45.7 Å². The molecule has 1 aliphatic rings. The molecule has 0 aliphatic carbocycles. The molecule has 0 unspecified atom stereocenters. The second-order valence-electron chi connectivity index (χ2n) is 13.1. The molecule has 4 heterocycles. The van der Waals surface area contributed by atoms with E-state index in [-0.39, 0.29) is 0 Å². The molecule has 0 saturated heterocycles. The Labute approximate surface area is 295 Å². The van der Waals surface area contributed by atoms with Crippen LogP contribution in [0, 0.1) is 0 Å². The summed E-state index contributed by atoms with van der Waals surface area (Å²) in [7, 11) is 0. The number of hydrogen-bond donors (Lipinski definition) is 0. The van der Waals surface area contributed by atoms with Crippen LogP contribution >= 0.6 is 0 Å². The van der Waals surface area contributed by atoms with E-state index >= 15 is 0 Å². The molecule has 3 aromatic heterocycles. The number of aliphatic imine (C=N–C) groups is 1. The van der Waals surface area contributed by atoms with Gasteiger partial charge in [0.15, 0.2) is 0 Å². The predicted octanol–water partition coefficient (Wildman–Crippen LogP) is 11.8. The Morgan fingerprint density at radius 2 is 1.14 bits per heavy atom. The molecular formula is C47H32N4. The van der Waals surface area contributed by atoms with Gasteiger partial charge in [0.05, 0.1) is 28.1 Å². The number of benzene rings is 6. The van der Waals surface area contributed by atoms with Gasteiger partial charge in [0.1, 0.15) is 0 Å². The van der Waals surface area contributed by atoms with E-state index in [1.54, 1.807) is 0 Å². The molecule has 0 bridgehead atoms. The maximum absolute atomic E-state index is 5.39. The third-order valence-electron chi connectivity index (χ3n) is 10.1. The number of aromatic nitrogens is 3. The summed E-state index contributed by atoms with van der Waals surface area (Å²) in [6.45, 7) is 0. The van der Waals surface area contributed by atoms with Crippen LogP contribution in [0.2, 0.25) is 0 Å². The molecule has 4 heteroatoms. The van der Waals surface area contributed by atoms with E-state index in [0.717, 1.165) is 68.7 Å². The molecule has 0 spiro atoms. The zero-order chi connectivity index (χ0) is 33.7. The molecule has 0 saturated carbocycles. The number of nitrogens with zero attached hydrogens (tertiary/aromatic N) is 4. The molecule has 4 nitrogen and oxygen atoms in total. The van der Waals surface area contributed by atoms with E-state index in [1.165, 1.54) is 38.2 Å². The first kappa shape index (κ1) is 29.3. The molecule has 9 aromatic rings. The molecule has 0 amide bonds. The van der Waals surface area contributed by atoms with Gasteiger partial charge in [-0.1, -0.05) is 115 Å². The van der Waals surface area contributed by atoms with Crippen LogP contribution in [0.5, 0.6) is 0 Å². The maximum Gasteiger partial charge on any atom is 0.0890 e. The maximum atomic E-state index is 5.39. The highest BCUT2D eigenvalue weighted by Crippen LogP contribution is 2.41. The van der Waals surface area contributed by atoms with Crippen molar-refractivity contribution in [3.8, 4) is 28.1 Å². The summed E-state index contributed by atoms with van der Waals surface area (Å²) in [6, 6.07) is 53.8. The summed E-state index contributed by atoms with van der Waals surface area (Å²) in [5.74, 6) is 0. The molecule has 0 radical (unpaired) electrons. The molecular weight excluding hydrogens is 621 g/mol. The first-order valence-corrected chi connectivity index (χ1v) is 17.5. The second kappa shape index (κ2) is 12.0. The standard InChI is InChI=1S/C47H32N4/c1-3-13-31(14-4-1)46-34-17-7-9-19-36(34)47(37-20-10-8-18-35(37)46)43-24-12-23-42(50-43)41-22-11-21-40(49-41)32-25-26-44-38(29-32)39-30-48-28-27-45(39)51(44)33-15-5-2-6-16-33/h1-11,13-23,25-30H,12,24H2. The Kier molecular flexibility index (Phi) is 6.91. The lowest BCUT2D eigenvalue weighted by Crippen LogP contribution is -2.08. The Bertz CT molecular complexity index is 2790. The lowest BCUT2D eigenvalue weighted by atomic mass is 9.85. The van der Waals surface area contributed by atoms with E-state index < -0.39 is 0 Å². The summed E-state index contributed by atoms with van der Waals surface area (Å²) in [4.78, 5) is 15.1. The van der Waals surface area contributed by atoms with Crippen molar-refractivity contribution in [1.82, 2.24) is 14.5 Å². The van der Waals surface area contributed by atoms with Crippen molar-refractivity contribution in [2.45, 2.75) is 12.8 Å². The van der Waals surface area contributed by atoms with Gasteiger partial charge in [-0.15, -0.1) is 0 Å². The molecule has 0 N–H and O–H groups in total. The van der Waals surface area contributed by atoms with E-state index in [2.05, 4.69) is 167 Å². The van der Waals surface area contributed by atoms with E-state index in [0.29, 0.717) is 0 Å². The van der Waals surface area contributed by atoms with Crippen LogP contribution in [0.1, 0.15) is 24.1 Å². The fourth-order valence-electron chi connectivity index (χ4n) is 7.91. The molecule has 0 atom stereocenters. The average molecular weight is 653 g/mol.